The van der Waals surface area contributed by atoms with E-state index < -0.39 is 5.56 Å². The van der Waals surface area contributed by atoms with Crippen molar-refractivity contribution in [2.75, 3.05) is 17.7 Å². The highest BCUT2D eigenvalue weighted by atomic mass is 16.5. The molecule has 2 N–H and O–H groups in total. The summed E-state index contributed by atoms with van der Waals surface area (Å²) in [4.78, 5) is 43.1. The van der Waals surface area contributed by atoms with Crippen molar-refractivity contribution >= 4 is 34.2 Å². The molecule has 0 fully saturated rings. The fourth-order valence-electron chi connectivity index (χ4n) is 3.61. The molecule has 8 heteroatoms. The zero-order chi connectivity index (χ0) is 24.1. The molecular formula is C26H24N4O4. The predicted molar refractivity (Wildman–Crippen MR) is 132 cm³/mol. The average molecular weight is 457 g/mol. The lowest BCUT2D eigenvalue weighted by Crippen LogP contribution is -2.30. The van der Waals surface area contributed by atoms with Crippen LogP contribution in [-0.2, 0) is 16.1 Å². The van der Waals surface area contributed by atoms with Gasteiger partial charge in [-0.05, 0) is 30.3 Å². The maximum Gasteiger partial charge on any atom is 0.278 e. The fraction of sp³-hybridized carbons (Fsp3) is 0.154. The molecule has 0 atom stereocenters. The van der Waals surface area contributed by atoms with Crippen molar-refractivity contribution in [3.8, 4) is 17.0 Å². The van der Waals surface area contributed by atoms with E-state index in [1.165, 1.54) is 4.57 Å². The van der Waals surface area contributed by atoms with Crippen LogP contribution >= 0.6 is 0 Å². The predicted octanol–water partition coefficient (Wildman–Crippen LogP) is 4.06. The van der Waals surface area contributed by atoms with Crippen LogP contribution in [-0.4, -0.2) is 28.5 Å². The van der Waals surface area contributed by atoms with E-state index in [9.17, 15) is 14.4 Å². The Labute approximate surface area is 196 Å². The molecule has 8 nitrogen and oxygen atoms in total. The second-order valence-electron chi connectivity index (χ2n) is 7.57. The van der Waals surface area contributed by atoms with Crippen molar-refractivity contribution in [3.63, 3.8) is 0 Å². The quantitative estimate of drug-likeness (QED) is 0.437. The van der Waals surface area contributed by atoms with Gasteiger partial charge in [-0.3, -0.25) is 19.0 Å². The second kappa shape index (κ2) is 9.99. The maximum atomic E-state index is 13.6. The molecule has 0 unspecified atom stereocenters. The largest absolute Gasteiger partial charge is 0.497 e. The van der Waals surface area contributed by atoms with Crippen molar-refractivity contribution < 1.29 is 14.3 Å². The number of nitrogens with zero attached hydrogens (tertiary/aromatic N) is 2. The van der Waals surface area contributed by atoms with Crippen LogP contribution in [0.3, 0.4) is 0 Å². The summed E-state index contributed by atoms with van der Waals surface area (Å²) in [6.07, 6.45) is 0.300. The summed E-state index contributed by atoms with van der Waals surface area (Å²) < 4.78 is 6.59. The van der Waals surface area contributed by atoms with E-state index in [2.05, 4.69) is 15.6 Å². The Hall–Kier alpha value is -4.46. The third-order valence-electron chi connectivity index (χ3n) is 5.29. The third kappa shape index (κ3) is 4.80. The monoisotopic (exact) mass is 456 g/mol. The third-order valence-corrected chi connectivity index (χ3v) is 5.29. The van der Waals surface area contributed by atoms with Crippen LogP contribution in [0.5, 0.6) is 5.75 Å². The molecule has 0 aliphatic carbocycles. The summed E-state index contributed by atoms with van der Waals surface area (Å²) in [5.74, 6) is 0.0637. The summed E-state index contributed by atoms with van der Waals surface area (Å²) in [5.41, 5.74) is 2.35. The normalized spacial score (nSPS) is 10.6. The molecule has 3 aromatic carbocycles. The number of amides is 2. The number of nitrogens with one attached hydrogen (secondary N) is 2. The summed E-state index contributed by atoms with van der Waals surface area (Å²) in [7, 11) is 1.55. The number of para-hydroxylation sites is 3. The lowest BCUT2D eigenvalue weighted by molar-refractivity contribution is -0.117. The number of carbonyl (C=O) groups excluding carboxylic acids is 2. The molecule has 0 aliphatic heterocycles. The molecule has 0 aliphatic rings. The summed E-state index contributed by atoms with van der Waals surface area (Å²) in [6.45, 7) is 1.54. The molecule has 1 heterocycles. The molecule has 0 bridgehead atoms. The molecule has 0 spiro atoms. The first-order valence-corrected chi connectivity index (χ1v) is 10.8. The number of rotatable bonds is 7. The smallest absolute Gasteiger partial charge is 0.278 e. The highest BCUT2D eigenvalue weighted by Crippen LogP contribution is 2.26. The number of anilines is 2. The van der Waals surface area contributed by atoms with Crippen LogP contribution in [0, 0.1) is 0 Å². The van der Waals surface area contributed by atoms with Gasteiger partial charge < -0.3 is 15.4 Å². The van der Waals surface area contributed by atoms with E-state index in [4.69, 9.17) is 4.74 Å². The van der Waals surface area contributed by atoms with Crippen molar-refractivity contribution in [2.45, 2.75) is 19.9 Å². The van der Waals surface area contributed by atoms with E-state index in [1.54, 1.807) is 80.8 Å². The van der Waals surface area contributed by atoms with Gasteiger partial charge in [-0.2, -0.15) is 0 Å². The molecule has 4 rings (SSSR count). The molecule has 172 valence electrons. The molecule has 1 aromatic heterocycles. The SMILES string of the molecule is CCC(=O)Nc1ccccc1-c1nc2ccccc2n(CC(=O)Nc2cccc(OC)c2)c1=O. The number of benzene rings is 3. The van der Waals surface area contributed by atoms with Crippen molar-refractivity contribution in [3.05, 3.63) is 83.2 Å². The van der Waals surface area contributed by atoms with Gasteiger partial charge in [0.2, 0.25) is 11.8 Å². The van der Waals surface area contributed by atoms with Gasteiger partial charge in [-0.25, -0.2) is 4.98 Å². The zero-order valence-corrected chi connectivity index (χ0v) is 18.9. The standard InChI is InChI=1S/C26H24N4O4/c1-3-23(31)28-20-12-5-4-11-19(20)25-26(33)30(22-14-7-6-13-21(22)29-25)16-24(32)27-17-9-8-10-18(15-17)34-2/h4-15H,3,16H2,1-2H3,(H,27,32)(H,28,31). The van der Waals surface area contributed by atoms with Crippen molar-refractivity contribution in [2.24, 2.45) is 0 Å². The van der Waals surface area contributed by atoms with E-state index in [1.807, 2.05) is 6.07 Å². The van der Waals surface area contributed by atoms with E-state index in [0.717, 1.165) is 0 Å². The van der Waals surface area contributed by atoms with Crippen LogP contribution in [0.4, 0.5) is 11.4 Å². The van der Waals surface area contributed by atoms with Crippen LogP contribution in [0.15, 0.2) is 77.6 Å². The maximum absolute atomic E-state index is 13.6. The van der Waals surface area contributed by atoms with Gasteiger partial charge in [0.25, 0.3) is 5.56 Å². The van der Waals surface area contributed by atoms with E-state index in [0.29, 0.717) is 40.1 Å². The Bertz CT molecular complexity index is 1430. The van der Waals surface area contributed by atoms with Crippen LogP contribution < -0.4 is 20.9 Å². The van der Waals surface area contributed by atoms with Gasteiger partial charge in [0.05, 0.1) is 23.8 Å². The van der Waals surface area contributed by atoms with Crippen LogP contribution in [0.25, 0.3) is 22.3 Å². The first kappa shape index (κ1) is 22.7. The Morgan fingerprint density at radius 2 is 1.71 bits per heavy atom. The van der Waals surface area contributed by atoms with Crippen molar-refractivity contribution in [1.29, 1.82) is 0 Å². The van der Waals surface area contributed by atoms with Crippen LogP contribution in [0.1, 0.15) is 13.3 Å². The molecule has 4 aromatic rings. The molecule has 0 radical (unpaired) electrons. The average Bonchev–Trinajstić information content (AvgIpc) is 2.86. The first-order valence-electron chi connectivity index (χ1n) is 10.8. The Balaban J connectivity index is 1.76. The van der Waals surface area contributed by atoms with Gasteiger partial charge in [0.15, 0.2) is 0 Å². The number of fused-ring (bicyclic) bond motifs is 1. The Kier molecular flexibility index (Phi) is 6.68. The van der Waals surface area contributed by atoms with Crippen molar-refractivity contribution in [1.82, 2.24) is 9.55 Å². The molecule has 0 saturated heterocycles. The number of methoxy groups -OCH3 is 1. The van der Waals surface area contributed by atoms with Gasteiger partial charge in [0.1, 0.15) is 18.0 Å². The van der Waals surface area contributed by atoms with Gasteiger partial charge >= 0.3 is 0 Å². The summed E-state index contributed by atoms with van der Waals surface area (Å²) >= 11 is 0. The van der Waals surface area contributed by atoms with Crippen LogP contribution in [0.2, 0.25) is 0 Å². The van der Waals surface area contributed by atoms with E-state index in [-0.39, 0.29) is 24.1 Å². The van der Waals surface area contributed by atoms with Gasteiger partial charge in [-0.15, -0.1) is 0 Å². The highest BCUT2D eigenvalue weighted by molar-refractivity contribution is 5.95. The molecular weight excluding hydrogens is 432 g/mol. The first-order chi connectivity index (χ1) is 16.5. The zero-order valence-electron chi connectivity index (χ0n) is 18.9. The minimum atomic E-state index is -0.433. The molecule has 2 amide bonds. The van der Waals surface area contributed by atoms with E-state index >= 15 is 0 Å². The minimum Gasteiger partial charge on any atom is -0.497 e. The fourth-order valence-corrected chi connectivity index (χ4v) is 3.61. The minimum absolute atomic E-state index is 0.153. The molecule has 0 saturated carbocycles. The van der Waals surface area contributed by atoms with Gasteiger partial charge in [0, 0.05) is 23.7 Å². The number of ether oxygens (including phenoxy) is 1. The second-order valence-corrected chi connectivity index (χ2v) is 7.57. The highest BCUT2D eigenvalue weighted by Gasteiger charge is 2.18. The topological polar surface area (TPSA) is 102 Å². The Morgan fingerprint density at radius 3 is 2.50 bits per heavy atom. The summed E-state index contributed by atoms with van der Waals surface area (Å²) in [5, 5.41) is 5.62. The summed E-state index contributed by atoms with van der Waals surface area (Å²) in [6, 6.07) is 21.1. The molecule has 34 heavy (non-hydrogen) atoms. The lowest BCUT2D eigenvalue weighted by atomic mass is 10.1. The number of aromatic nitrogens is 2. The number of carbonyl (C=O) groups is 2. The van der Waals surface area contributed by atoms with Gasteiger partial charge in [-0.1, -0.05) is 43.3 Å². The number of hydrogen-bond donors (Lipinski definition) is 2. The lowest BCUT2D eigenvalue weighted by Gasteiger charge is -2.15. The number of hydrogen-bond acceptors (Lipinski definition) is 5. The Morgan fingerprint density at radius 1 is 0.941 bits per heavy atom.